The third-order valence-electron chi connectivity index (χ3n) is 4.89. The van der Waals surface area contributed by atoms with Gasteiger partial charge in [-0.25, -0.2) is 9.67 Å². The Hall–Kier alpha value is -3.35. The van der Waals surface area contributed by atoms with Crippen molar-refractivity contribution in [2.45, 2.75) is 33.7 Å². The van der Waals surface area contributed by atoms with Crippen molar-refractivity contribution in [1.29, 1.82) is 0 Å². The van der Waals surface area contributed by atoms with Gasteiger partial charge in [-0.3, -0.25) is 4.98 Å². The fraction of sp³-hybridized carbons (Fsp3) is 0.348. The number of pyridine rings is 1. The van der Waals surface area contributed by atoms with Crippen LogP contribution in [0.15, 0.2) is 53.9 Å². The standard InChI is InChI=1S/C23H30N6O/c1-5-24-23(27-16-21-18(3)22(30-4)17(2)15-26-21)25-13-11-19-7-9-20(10-8-19)29-14-6-12-28-29/h6-10,12,14-15H,5,11,13,16H2,1-4H3,(H2,24,25,27). The third kappa shape index (κ3) is 5.37. The number of ether oxygens (including phenoxy) is 1. The van der Waals surface area contributed by atoms with Gasteiger partial charge in [-0.05, 0) is 51.0 Å². The molecule has 3 aromatic rings. The summed E-state index contributed by atoms with van der Waals surface area (Å²) in [6.45, 7) is 8.17. The number of benzene rings is 1. The number of methoxy groups -OCH3 is 1. The minimum atomic E-state index is 0.496. The second-order valence-electron chi connectivity index (χ2n) is 7.04. The van der Waals surface area contributed by atoms with Crippen LogP contribution in [0.25, 0.3) is 5.69 Å². The van der Waals surface area contributed by atoms with E-state index in [4.69, 9.17) is 9.73 Å². The summed E-state index contributed by atoms with van der Waals surface area (Å²) in [6, 6.07) is 10.4. The maximum absolute atomic E-state index is 5.49. The van der Waals surface area contributed by atoms with Gasteiger partial charge >= 0.3 is 0 Å². The zero-order valence-electron chi connectivity index (χ0n) is 18.1. The Kier molecular flexibility index (Phi) is 7.43. The number of nitrogens with zero attached hydrogens (tertiary/aromatic N) is 4. The van der Waals surface area contributed by atoms with Gasteiger partial charge in [-0.1, -0.05) is 12.1 Å². The molecule has 0 fully saturated rings. The quantitative estimate of drug-likeness (QED) is 0.444. The van der Waals surface area contributed by atoms with Crippen molar-refractivity contribution in [3.63, 3.8) is 0 Å². The Morgan fingerprint density at radius 3 is 2.63 bits per heavy atom. The van der Waals surface area contributed by atoms with Crippen LogP contribution in [0.2, 0.25) is 0 Å². The van der Waals surface area contributed by atoms with Gasteiger partial charge in [0, 0.05) is 42.8 Å². The summed E-state index contributed by atoms with van der Waals surface area (Å²) >= 11 is 0. The molecule has 0 aliphatic carbocycles. The minimum Gasteiger partial charge on any atom is -0.496 e. The maximum Gasteiger partial charge on any atom is 0.191 e. The summed E-state index contributed by atoms with van der Waals surface area (Å²) in [4.78, 5) is 9.22. The Balaban J connectivity index is 1.58. The molecule has 0 aliphatic rings. The average molecular weight is 407 g/mol. The minimum absolute atomic E-state index is 0.496. The SMILES string of the molecule is CCNC(=NCc1ncc(C)c(OC)c1C)NCCc1ccc(-n2cccn2)cc1. The molecule has 30 heavy (non-hydrogen) atoms. The molecule has 0 saturated carbocycles. The van der Waals surface area contributed by atoms with E-state index >= 15 is 0 Å². The first-order valence-corrected chi connectivity index (χ1v) is 10.2. The van der Waals surface area contributed by atoms with E-state index in [1.165, 1.54) is 5.56 Å². The molecule has 0 bridgehead atoms. The average Bonchev–Trinajstić information content (AvgIpc) is 3.29. The van der Waals surface area contributed by atoms with Gasteiger partial charge in [0.25, 0.3) is 0 Å². The zero-order chi connectivity index (χ0) is 21.3. The summed E-state index contributed by atoms with van der Waals surface area (Å²) in [6.07, 6.45) is 6.46. The van der Waals surface area contributed by atoms with E-state index in [1.54, 1.807) is 13.3 Å². The van der Waals surface area contributed by atoms with E-state index in [-0.39, 0.29) is 0 Å². The van der Waals surface area contributed by atoms with Gasteiger partial charge in [0.15, 0.2) is 5.96 Å². The lowest BCUT2D eigenvalue weighted by molar-refractivity contribution is 0.407. The summed E-state index contributed by atoms with van der Waals surface area (Å²) in [5.74, 6) is 1.66. The molecule has 0 spiro atoms. The second kappa shape index (κ2) is 10.4. The molecule has 158 valence electrons. The predicted molar refractivity (Wildman–Crippen MR) is 120 cm³/mol. The first kappa shape index (κ1) is 21.4. The van der Waals surface area contributed by atoms with Crippen LogP contribution in [0, 0.1) is 13.8 Å². The normalized spacial score (nSPS) is 11.4. The van der Waals surface area contributed by atoms with Crippen molar-refractivity contribution < 1.29 is 4.74 Å². The molecule has 0 aliphatic heterocycles. The lowest BCUT2D eigenvalue weighted by atomic mass is 10.1. The Morgan fingerprint density at radius 2 is 1.97 bits per heavy atom. The van der Waals surface area contributed by atoms with Gasteiger partial charge < -0.3 is 15.4 Å². The van der Waals surface area contributed by atoms with Crippen LogP contribution < -0.4 is 15.4 Å². The van der Waals surface area contributed by atoms with Crippen molar-refractivity contribution in [2.75, 3.05) is 20.2 Å². The molecule has 0 amide bonds. The summed E-state index contributed by atoms with van der Waals surface area (Å²) in [5.41, 5.74) is 5.31. The molecule has 0 atom stereocenters. The Labute approximate surface area is 178 Å². The summed E-state index contributed by atoms with van der Waals surface area (Å²) in [7, 11) is 1.69. The highest BCUT2D eigenvalue weighted by atomic mass is 16.5. The topological polar surface area (TPSA) is 76.4 Å². The van der Waals surface area contributed by atoms with Crippen LogP contribution in [-0.2, 0) is 13.0 Å². The van der Waals surface area contributed by atoms with E-state index in [9.17, 15) is 0 Å². The molecule has 0 radical (unpaired) electrons. The second-order valence-corrected chi connectivity index (χ2v) is 7.04. The summed E-state index contributed by atoms with van der Waals surface area (Å²) in [5, 5.41) is 11.0. The smallest absolute Gasteiger partial charge is 0.191 e. The van der Waals surface area contributed by atoms with Crippen LogP contribution in [0.1, 0.15) is 29.3 Å². The number of rotatable bonds is 8. The fourth-order valence-corrected chi connectivity index (χ4v) is 3.29. The predicted octanol–water partition coefficient (Wildman–Crippen LogP) is 3.19. The first-order valence-electron chi connectivity index (χ1n) is 10.2. The van der Waals surface area contributed by atoms with Gasteiger partial charge in [-0.2, -0.15) is 5.10 Å². The van der Waals surface area contributed by atoms with E-state index in [0.29, 0.717) is 6.54 Å². The van der Waals surface area contributed by atoms with E-state index in [2.05, 4.69) is 51.9 Å². The van der Waals surface area contributed by atoms with Gasteiger partial charge in [0.1, 0.15) is 5.75 Å². The molecule has 2 heterocycles. The molecule has 2 aromatic heterocycles. The van der Waals surface area contributed by atoms with Crippen molar-refractivity contribution in [2.24, 2.45) is 4.99 Å². The van der Waals surface area contributed by atoms with E-state index in [1.807, 2.05) is 37.0 Å². The van der Waals surface area contributed by atoms with Crippen LogP contribution in [0.5, 0.6) is 5.75 Å². The van der Waals surface area contributed by atoms with Crippen LogP contribution >= 0.6 is 0 Å². The maximum atomic E-state index is 5.49. The monoisotopic (exact) mass is 406 g/mol. The molecule has 1 aromatic carbocycles. The lowest BCUT2D eigenvalue weighted by Gasteiger charge is -2.13. The number of aryl methyl sites for hydroxylation is 1. The van der Waals surface area contributed by atoms with Crippen LogP contribution in [0.3, 0.4) is 0 Å². The number of hydrogen-bond acceptors (Lipinski definition) is 4. The van der Waals surface area contributed by atoms with E-state index < -0.39 is 0 Å². The molecule has 7 heteroatoms. The number of aromatic nitrogens is 3. The molecular formula is C23H30N6O. The van der Waals surface area contributed by atoms with Crippen molar-refractivity contribution in [3.05, 3.63) is 71.3 Å². The van der Waals surface area contributed by atoms with E-state index in [0.717, 1.165) is 53.7 Å². The highest BCUT2D eigenvalue weighted by molar-refractivity contribution is 5.79. The molecule has 2 N–H and O–H groups in total. The molecule has 3 rings (SSSR count). The highest BCUT2D eigenvalue weighted by Gasteiger charge is 2.09. The number of guanidine groups is 1. The van der Waals surface area contributed by atoms with Gasteiger partial charge in [-0.15, -0.1) is 0 Å². The molecular weight excluding hydrogens is 376 g/mol. The fourth-order valence-electron chi connectivity index (χ4n) is 3.29. The van der Waals surface area contributed by atoms with Gasteiger partial charge in [0.2, 0.25) is 0 Å². The highest BCUT2D eigenvalue weighted by Crippen LogP contribution is 2.24. The molecule has 0 unspecified atom stereocenters. The van der Waals surface area contributed by atoms with Crippen molar-refractivity contribution >= 4 is 5.96 Å². The van der Waals surface area contributed by atoms with Crippen molar-refractivity contribution in [1.82, 2.24) is 25.4 Å². The lowest BCUT2D eigenvalue weighted by Crippen LogP contribution is -2.38. The largest absolute Gasteiger partial charge is 0.496 e. The first-order chi connectivity index (χ1) is 14.6. The van der Waals surface area contributed by atoms with Gasteiger partial charge in [0.05, 0.1) is 25.0 Å². The van der Waals surface area contributed by atoms with Crippen molar-refractivity contribution in [3.8, 4) is 11.4 Å². The summed E-state index contributed by atoms with van der Waals surface area (Å²) < 4.78 is 7.35. The van der Waals surface area contributed by atoms with Crippen LogP contribution in [-0.4, -0.2) is 40.9 Å². The number of nitrogens with one attached hydrogen (secondary N) is 2. The number of aliphatic imine (C=N–C) groups is 1. The van der Waals surface area contributed by atoms with Crippen LogP contribution in [0.4, 0.5) is 0 Å². The number of hydrogen-bond donors (Lipinski definition) is 2. The zero-order valence-corrected chi connectivity index (χ0v) is 18.1. The Morgan fingerprint density at radius 1 is 1.17 bits per heavy atom. The third-order valence-corrected chi connectivity index (χ3v) is 4.89. The Bertz CT molecular complexity index is 964. The molecule has 0 saturated heterocycles. The molecule has 7 nitrogen and oxygen atoms in total.